The van der Waals surface area contributed by atoms with E-state index in [-0.39, 0.29) is 18.6 Å². The molecule has 1 amide bonds. The molecular weight excluding hydrogens is 298 g/mol. The summed E-state index contributed by atoms with van der Waals surface area (Å²) < 4.78 is 11.2. The highest BCUT2D eigenvalue weighted by Crippen LogP contribution is 2.32. The van der Waals surface area contributed by atoms with Gasteiger partial charge < -0.3 is 19.9 Å². The van der Waals surface area contributed by atoms with Crippen molar-refractivity contribution < 1.29 is 24.2 Å². The number of benzene rings is 1. The van der Waals surface area contributed by atoms with Crippen LogP contribution in [0.25, 0.3) is 0 Å². The summed E-state index contributed by atoms with van der Waals surface area (Å²) in [4.78, 5) is 22.9. The molecule has 0 aromatic heterocycles. The molecule has 0 heterocycles. The van der Waals surface area contributed by atoms with Gasteiger partial charge in [0.05, 0.1) is 19.1 Å². The van der Waals surface area contributed by atoms with E-state index in [4.69, 9.17) is 14.6 Å². The third-order valence-corrected chi connectivity index (χ3v) is 4.01. The van der Waals surface area contributed by atoms with E-state index in [0.29, 0.717) is 17.1 Å². The molecule has 23 heavy (non-hydrogen) atoms. The van der Waals surface area contributed by atoms with E-state index in [2.05, 4.69) is 5.32 Å². The number of rotatable bonds is 7. The fourth-order valence-electron chi connectivity index (χ4n) is 2.53. The molecule has 1 aliphatic rings. The summed E-state index contributed by atoms with van der Waals surface area (Å²) in [5, 5.41) is 11.4. The lowest BCUT2D eigenvalue weighted by atomic mass is 10.1. The first-order valence-electron chi connectivity index (χ1n) is 7.87. The molecule has 0 bridgehead atoms. The second-order valence-electron chi connectivity index (χ2n) is 5.84. The number of aliphatic carboxylic acids is 1. The first-order chi connectivity index (χ1) is 11.0. The Bertz CT molecular complexity index is 566. The van der Waals surface area contributed by atoms with Crippen LogP contribution in [0, 0.1) is 5.92 Å². The summed E-state index contributed by atoms with van der Waals surface area (Å²) in [6, 6.07) is 5.01. The number of carboxylic acids is 1. The number of hydrogen-bond donors (Lipinski definition) is 2. The number of hydrogen-bond acceptors (Lipinski definition) is 4. The van der Waals surface area contributed by atoms with Gasteiger partial charge in [0, 0.05) is 12.1 Å². The van der Waals surface area contributed by atoms with Gasteiger partial charge in [0.1, 0.15) is 0 Å². The van der Waals surface area contributed by atoms with Crippen molar-refractivity contribution in [2.24, 2.45) is 5.92 Å². The second kappa shape index (κ2) is 7.85. The molecule has 126 valence electrons. The normalized spacial score (nSPS) is 15.9. The highest BCUT2D eigenvalue weighted by atomic mass is 16.5. The number of carboxylic acid groups (broad SMARTS) is 1. The van der Waals surface area contributed by atoms with Gasteiger partial charge in [-0.2, -0.15) is 0 Å². The molecule has 0 saturated heterocycles. The van der Waals surface area contributed by atoms with Crippen LogP contribution >= 0.6 is 0 Å². The summed E-state index contributed by atoms with van der Waals surface area (Å²) in [6.45, 7) is 1.62. The number of carbonyl (C=O) groups excluding carboxylic acids is 1. The van der Waals surface area contributed by atoms with Gasteiger partial charge in [-0.25, -0.2) is 0 Å². The van der Waals surface area contributed by atoms with Gasteiger partial charge in [0.2, 0.25) is 0 Å². The number of ether oxygens (including phenoxy) is 2. The van der Waals surface area contributed by atoms with E-state index >= 15 is 0 Å². The zero-order valence-corrected chi connectivity index (χ0v) is 13.5. The molecule has 6 heteroatoms. The molecule has 1 unspecified atom stereocenters. The Morgan fingerprint density at radius 2 is 2.00 bits per heavy atom. The van der Waals surface area contributed by atoms with E-state index in [1.165, 1.54) is 20.0 Å². The first-order valence-corrected chi connectivity index (χ1v) is 7.87. The third kappa shape index (κ3) is 4.61. The van der Waals surface area contributed by atoms with Gasteiger partial charge in [-0.05, 0) is 43.9 Å². The van der Waals surface area contributed by atoms with Crippen LogP contribution < -0.4 is 14.8 Å². The van der Waals surface area contributed by atoms with Crippen molar-refractivity contribution in [1.29, 1.82) is 0 Å². The Labute approximate surface area is 135 Å². The lowest BCUT2D eigenvalue weighted by Crippen LogP contribution is -2.31. The van der Waals surface area contributed by atoms with Crippen LogP contribution in [-0.4, -0.2) is 36.7 Å². The molecule has 1 aromatic carbocycles. The predicted molar refractivity (Wildman–Crippen MR) is 85.0 cm³/mol. The fourth-order valence-corrected chi connectivity index (χ4v) is 2.53. The summed E-state index contributed by atoms with van der Waals surface area (Å²) in [5.41, 5.74) is 0.415. The number of carbonyl (C=O) groups is 2. The van der Waals surface area contributed by atoms with Crippen LogP contribution in [0.1, 0.15) is 43.0 Å². The van der Waals surface area contributed by atoms with Crippen molar-refractivity contribution in [3.63, 3.8) is 0 Å². The molecule has 1 atom stereocenters. The predicted octanol–water partition coefficient (Wildman–Crippen LogP) is 2.47. The Hall–Kier alpha value is -2.24. The van der Waals surface area contributed by atoms with Crippen molar-refractivity contribution in [3.8, 4) is 11.5 Å². The average molecular weight is 321 g/mol. The molecule has 2 rings (SSSR count). The van der Waals surface area contributed by atoms with Gasteiger partial charge >= 0.3 is 5.97 Å². The maximum atomic E-state index is 12.1. The van der Waals surface area contributed by atoms with Crippen molar-refractivity contribution in [2.75, 3.05) is 13.7 Å². The molecule has 6 nitrogen and oxygen atoms in total. The van der Waals surface area contributed by atoms with E-state index in [1.54, 1.807) is 25.1 Å². The van der Waals surface area contributed by atoms with Crippen LogP contribution in [0.3, 0.4) is 0 Å². The molecule has 1 saturated carbocycles. The summed E-state index contributed by atoms with van der Waals surface area (Å²) >= 11 is 0. The average Bonchev–Trinajstić information content (AvgIpc) is 3.05. The minimum Gasteiger partial charge on any atom is -0.493 e. The molecule has 0 aliphatic heterocycles. The lowest BCUT2D eigenvalue weighted by Gasteiger charge is -2.16. The zero-order chi connectivity index (χ0) is 16.8. The minimum atomic E-state index is -0.941. The summed E-state index contributed by atoms with van der Waals surface area (Å²) in [7, 11) is 1.53. The zero-order valence-electron chi connectivity index (χ0n) is 13.5. The van der Waals surface area contributed by atoms with E-state index in [0.717, 1.165) is 12.8 Å². The van der Waals surface area contributed by atoms with Gasteiger partial charge in [-0.3, -0.25) is 9.59 Å². The van der Waals surface area contributed by atoms with E-state index in [9.17, 15) is 9.59 Å². The smallest absolute Gasteiger partial charge is 0.308 e. The SMILES string of the molecule is COc1cc(C(=O)NCC(C)C(=O)O)ccc1OC1CCCC1. The Balaban J connectivity index is 2.02. The van der Waals surface area contributed by atoms with Crippen LogP contribution in [-0.2, 0) is 4.79 Å². The van der Waals surface area contributed by atoms with Crippen molar-refractivity contribution >= 4 is 11.9 Å². The summed E-state index contributed by atoms with van der Waals surface area (Å²) in [5.74, 6) is -0.761. The fraction of sp³-hybridized carbons (Fsp3) is 0.529. The quantitative estimate of drug-likeness (QED) is 0.806. The third-order valence-electron chi connectivity index (χ3n) is 4.01. The number of methoxy groups -OCH3 is 1. The monoisotopic (exact) mass is 321 g/mol. The highest BCUT2D eigenvalue weighted by Gasteiger charge is 2.19. The summed E-state index contributed by atoms with van der Waals surface area (Å²) in [6.07, 6.45) is 4.64. The molecule has 1 fully saturated rings. The molecular formula is C17H23NO5. The molecule has 1 aliphatic carbocycles. The molecule has 0 spiro atoms. The molecule has 2 N–H and O–H groups in total. The standard InChI is InChI=1S/C17H23NO5/c1-11(17(20)21)10-18-16(19)12-7-8-14(15(9-12)22-2)23-13-5-3-4-6-13/h7-9,11,13H,3-6,10H2,1-2H3,(H,18,19)(H,20,21). The number of nitrogens with one attached hydrogen (secondary N) is 1. The first kappa shape index (κ1) is 17.1. The van der Waals surface area contributed by atoms with Crippen molar-refractivity contribution in [1.82, 2.24) is 5.32 Å². The van der Waals surface area contributed by atoms with E-state index in [1.807, 2.05) is 0 Å². The van der Waals surface area contributed by atoms with Crippen LogP contribution in [0.2, 0.25) is 0 Å². The van der Waals surface area contributed by atoms with Crippen LogP contribution in [0.4, 0.5) is 0 Å². The second-order valence-corrected chi connectivity index (χ2v) is 5.84. The van der Waals surface area contributed by atoms with Gasteiger partial charge in [0.25, 0.3) is 5.91 Å². The lowest BCUT2D eigenvalue weighted by molar-refractivity contribution is -0.140. The Kier molecular flexibility index (Phi) is 5.84. The molecule has 1 aromatic rings. The van der Waals surface area contributed by atoms with Crippen molar-refractivity contribution in [3.05, 3.63) is 23.8 Å². The van der Waals surface area contributed by atoms with E-state index < -0.39 is 11.9 Å². The Morgan fingerprint density at radius 3 is 2.61 bits per heavy atom. The topological polar surface area (TPSA) is 84.9 Å². The van der Waals surface area contributed by atoms with Gasteiger partial charge in [-0.1, -0.05) is 6.92 Å². The van der Waals surface area contributed by atoms with Crippen LogP contribution in [0.15, 0.2) is 18.2 Å². The van der Waals surface area contributed by atoms with Gasteiger partial charge in [-0.15, -0.1) is 0 Å². The Morgan fingerprint density at radius 1 is 1.30 bits per heavy atom. The maximum absolute atomic E-state index is 12.1. The highest BCUT2D eigenvalue weighted by molar-refractivity contribution is 5.95. The number of amides is 1. The largest absolute Gasteiger partial charge is 0.493 e. The maximum Gasteiger partial charge on any atom is 0.308 e. The van der Waals surface area contributed by atoms with Crippen molar-refractivity contribution in [2.45, 2.75) is 38.7 Å². The van der Waals surface area contributed by atoms with Gasteiger partial charge in [0.15, 0.2) is 11.5 Å². The van der Waals surface area contributed by atoms with Crippen LogP contribution in [0.5, 0.6) is 11.5 Å². The minimum absolute atomic E-state index is 0.0802. The molecule has 0 radical (unpaired) electrons.